The highest BCUT2D eigenvalue weighted by Crippen LogP contribution is 2.22. The van der Waals surface area contributed by atoms with Gasteiger partial charge in [-0.25, -0.2) is 0 Å². The fraction of sp³-hybridized carbons (Fsp3) is 1.00. The third-order valence-electron chi connectivity index (χ3n) is 2.79. The second-order valence-electron chi connectivity index (χ2n) is 4.18. The number of hydrogen-bond donors (Lipinski definition) is 1. The normalized spacial score (nSPS) is 30.7. The Labute approximate surface area is 82.0 Å². The van der Waals surface area contributed by atoms with Gasteiger partial charge in [-0.3, -0.25) is 0 Å². The summed E-state index contributed by atoms with van der Waals surface area (Å²) < 4.78 is 5.76. The van der Waals surface area contributed by atoms with Gasteiger partial charge in [-0.1, -0.05) is 6.92 Å². The van der Waals surface area contributed by atoms with E-state index >= 15 is 0 Å². The molecule has 1 rings (SSSR count). The van der Waals surface area contributed by atoms with Gasteiger partial charge in [-0.05, 0) is 46.1 Å². The summed E-state index contributed by atoms with van der Waals surface area (Å²) >= 11 is 0. The molecular weight excluding hydrogens is 162 g/mol. The van der Waals surface area contributed by atoms with Crippen molar-refractivity contribution in [3.8, 4) is 0 Å². The summed E-state index contributed by atoms with van der Waals surface area (Å²) in [6, 6.07) is 0.643. The smallest absolute Gasteiger partial charge is 0.0580 e. The molecule has 0 saturated carbocycles. The van der Waals surface area contributed by atoms with E-state index < -0.39 is 0 Å². The van der Waals surface area contributed by atoms with Crippen LogP contribution in [0.3, 0.4) is 0 Å². The van der Waals surface area contributed by atoms with Gasteiger partial charge in [0.05, 0.1) is 12.2 Å². The zero-order chi connectivity index (χ0) is 9.68. The minimum Gasteiger partial charge on any atom is -0.375 e. The second kappa shape index (κ2) is 5.61. The standard InChI is InChI=1S/C11H23NO/c1-4-12-9(2)5-7-11-8-6-10(3)13-11/h9-12H,4-8H2,1-3H3. The number of hydrogen-bond acceptors (Lipinski definition) is 2. The average molecular weight is 185 g/mol. The fourth-order valence-electron chi connectivity index (χ4n) is 1.98. The van der Waals surface area contributed by atoms with E-state index in [2.05, 4.69) is 26.1 Å². The highest BCUT2D eigenvalue weighted by atomic mass is 16.5. The fourth-order valence-corrected chi connectivity index (χ4v) is 1.98. The molecule has 0 aromatic rings. The van der Waals surface area contributed by atoms with Gasteiger partial charge in [-0.15, -0.1) is 0 Å². The first-order chi connectivity index (χ1) is 6.22. The third kappa shape index (κ3) is 4.10. The maximum Gasteiger partial charge on any atom is 0.0580 e. The predicted molar refractivity (Wildman–Crippen MR) is 55.9 cm³/mol. The molecule has 0 bridgehead atoms. The summed E-state index contributed by atoms with van der Waals surface area (Å²) in [7, 11) is 0. The van der Waals surface area contributed by atoms with Gasteiger partial charge in [0.15, 0.2) is 0 Å². The lowest BCUT2D eigenvalue weighted by atomic mass is 10.1. The van der Waals surface area contributed by atoms with E-state index in [4.69, 9.17) is 4.74 Å². The molecule has 0 amide bonds. The van der Waals surface area contributed by atoms with E-state index in [0.29, 0.717) is 18.2 Å². The molecular formula is C11H23NO. The van der Waals surface area contributed by atoms with E-state index in [1.807, 2.05) is 0 Å². The van der Waals surface area contributed by atoms with Crippen molar-refractivity contribution in [3.05, 3.63) is 0 Å². The molecule has 0 radical (unpaired) electrons. The molecule has 1 aliphatic rings. The molecule has 1 aliphatic heterocycles. The van der Waals surface area contributed by atoms with Crippen molar-refractivity contribution < 1.29 is 4.74 Å². The molecule has 78 valence electrons. The van der Waals surface area contributed by atoms with E-state index in [1.165, 1.54) is 25.7 Å². The first-order valence-corrected chi connectivity index (χ1v) is 5.61. The Morgan fingerprint density at radius 2 is 2.23 bits per heavy atom. The first kappa shape index (κ1) is 11.0. The van der Waals surface area contributed by atoms with Crippen LogP contribution in [-0.4, -0.2) is 24.8 Å². The summed E-state index contributed by atoms with van der Waals surface area (Å²) in [5.41, 5.74) is 0. The molecule has 0 aromatic heterocycles. The Morgan fingerprint density at radius 1 is 1.46 bits per heavy atom. The Bertz CT molecular complexity index is 138. The summed E-state index contributed by atoms with van der Waals surface area (Å²) in [6.45, 7) is 7.66. The van der Waals surface area contributed by atoms with Crippen LogP contribution >= 0.6 is 0 Å². The minimum atomic E-state index is 0.499. The second-order valence-corrected chi connectivity index (χ2v) is 4.18. The summed E-state index contributed by atoms with van der Waals surface area (Å²) in [5.74, 6) is 0. The van der Waals surface area contributed by atoms with Gasteiger partial charge >= 0.3 is 0 Å². The monoisotopic (exact) mass is 185 g/mol. The van der Waals surface area contributed by atoms with Crippen LogP contribution in [0.1, 0.15) is 46.5 Å². The SMILES string of the molecule is CCNC(C)CCC1CCC(C)O1. The van der Waals surface area contributed by atoms with Crippen molar-refractivity contribution >= 4 is 0 Å². The zero-order valence-electron chi connectivity index (χ0n) is 9.18. The van der Waals surface area contributed by atoms with Gasteiger partial charge in [0, 0.05) is 6.04 Å². The average Bonchev–Trinajstić information content (AvgIpc) is 2.49. The van der Waals surface area contributed by atoms with Crippen LogP contribution in [0.5, 0.6) is 0 Å². The van der Waals surface area contributed by atoms with Crippen molar-refractivity contribution in [2.45, 2.75) is 64.7 Å². The van der Waals surface area contributed by atoms with Crippen molar-refractivity contribution in [2.75, 3.05) is 6.54 Å². The summed E-state index contributed by atoms with van der Waals surface area (Å²) in [4.78, 5) is 0. The topological polar surface area (TPSA) is 21.3 Å². The molecule has 0 aliphatic carbocycles. The first-order valence-electron chi connectivity index (χ1n) is 5.61. The molecule has 3 unspecified atom stereocenters. The van der Waals surface area contributed by atoms with Crippen molar-refractivity contribution in [2.24, 2.45) is 0 Å². The molecule has 1 N–H and O–H groups in total. The van der Waals surface area contributed by atoms with E-state index in [0.717, 1.165) is 6.54 Å². The Kier molecular flexibility index (Phi) is 4.74. The molecule has 2 heteroatoms. The molecule has 2 nitrogen and oxygen atoms in total. The molecule has 1 saturated heterocycles. The molecule has 13 heavy (non-hydrogen) atoms. The van der Waals surface area contributed by atoms with E-state index in [-0.39, 0.29) is 0 Å². The van der Waals surface area contributed by atoms with Crippen molar-refractivity contribution in [1.82, 2.24) is 5.32 Å². The molecule has 3 atom stereocenters. The minimum absolute atomic E-state index is 0.499. The lowest BCUT2D eigenvalue weighted by molar-refractivity contribution is 0.0484. The van der Waals surface area contributed by atoms with Crippen LogP contribution in [0.15, 0.2) is 0 Å². The van der Waals surface area contributed by atoms with E-state index in [1.54, 1.807) is 0 Å². The molecule has 1 heterocycles. The Balaban J connectivity index is 2.05. The number of nitrogens with one attached hydrogen (secondary N) is 1. The lowest BCUT2D eigenvalue weighted by Gasteiger charge is -2.15. The van der Waals surface area contributed by atoms with Crippen molar-refractivity contribution in [1.29, 1.82) is 0 Å². The van der Waals surface area contributed by atoms with Crippen LogP contribution in [0.4, 0.5) is 0 Å². The highest BCUT2D eigenvalue weighted by Gasteiger charge is 2.21. The number of rotatable bonds is 5. The predicted octanol–water partition coefficient (Wildman–Crippen LogP) is 2.33. The van der Waals surface area contributed by atoms with E-state index in [9.17, 15) is 0 Å². The van der Waals surface area contributed by atoms with Gasteiger partial charge < -0.3 is 10.1 Å². The van der Waals surface area contributed by atoms with Crippen LogP contribution in [0, 0.1) is 0 Å². The third-order valence-corrected chi connectivity index (χ3v) is 2.79. The van der Waals surface area contributed by atoms with Gasteiger partial charge in [0.25, 0.3) is 0 Å². The molecule has 0 aromatic carbocycles. The quantitative estimate of drug-likeness (QED) is 0.710. The van der Waals surface area contributed by atoms with Crippen molar-refractivity contribution in [3.63, 3.8) is 0 Å². The molecule has 0 spiro atoms. The Morgan fingerprint density at radius 3 is 2.77 bits per heavy atom. The Hall–Kier alpha value is -0.0800. The van der Waals surface area contributed by atoms with Gasteiger partial charge in [-0.2, -0.15) is 0 Å². The molecule has 1 fully saturated rings. The summed E-state index contributed by atoms with van der Waals surface area (Å²) in [5, 5.41) is 3.43. The lowest BCUT2D eigenvalue weighted by Crippen LogP contribution is -2.26. The summed E-state index contributed by atoms with van der Waals surface area (Å²) in [6.07, 6.45) is 6.01. The van der Waals surface area contributed by atoms with Gasteiger partial charge in [0.2, 0.25) is 0 Å². The maximum absolute atomic E-state index is 5.76. The van der Waals surface area contributed by atoms with Gasteiger partial charge in [0.1, 0.15) is 0 Å². The number of ether oxygens (including phenoxy) is 1. The zero-order valence-corrected chi connectivity index (χ0v) is 9.18. The maximum atomic E-state index is 5.76. The largest absolute Gasteiger partial charge is 0.375 e. The van der Waals surface area contributed by atoms with Crippen LogP contribution in [0.2, 0.25) is 0 Å². The highest BCUT2D eigenvalue weighted by molar-refractivity contribution is 4.72. The van der Waals surface area contributed by atoms with Crippen LogP contribution in [-0.2, 0) is 4.74 Å². The van der Waals surface area contributed by atoms with Crippen LogP contribution in [0.25, 0.3) is 0 Å². The van der Waals surface area contributed by atoms with Crippen LogP contribution < -0.4 is 5.32 Å².